The first-order valence-corrected chi connectivity index (χ1v) is 5.94. The first-order chi connectivity index (χ1) is 9.22. The number of amides is 1. The quantitative estimate of drug-likeness (QED) is 0.772. The number of hydrogen-bond donors (Lipinski definition) is 3. The van der Waals surface area contributed by atoms with Crippen molar-refractivity contribution in [1.29, 1.82) is 0 Å². The van der Waals surface area contributed by atoms with Gasteiger partial charge in [0.1, 0.15) is 6.04 Å². The number of halogens is 2. The zero-order chi connectivity index (χ0) is 15.4. The summed E-state index contributed by atoms with van der Waals surface area (Å²) in [7, 11) is 0. The van der Waals surface area contributed by atoms with E-state index in [1.165, 1.54) is 0 Å². The molecular weight excluding hydrogens is 272 g/mol. The SMILES string of the molecule is CC(C)C[C@@H](NC(=O)c1cc(F)c(O)c(F)c1)C(=O)O. The van der Waals surface area contributed by atoms with Crippen LogP contribution in [0.3, 0.4) is 0 Å². The van der Waals surface area contributed by atoms with Crippen LogP contribution in [0.2, 0.25) is 0 Å². The maximum Gasteiger partial charge on any atom is 0.326 e. The van der Waals surface area contributed by atoms with E-state index in [1.54, 1.807) is 13.8 Å². The van der Waals surface area contributed by atoms with E-state index in [-0.39, 0.29) is 12.3 Å². The minimum Gasteiger partial charge on any atom is -0.503 e. The van der Waals surface area contributed by atoms with Crippen LogP contribution in [0.25, 0.3) is 0 Å². The molecular formula is C13H15F2NO4. The molecule has 0 fully saturated rings. The summed E-state index contributed by atoms with van der Waals surface area (Å²) in [6.45, 7) is 3.56. The maximum absolute atomic E-state index is 13.1. The molecule has 5 nitrogen and oxygen atoms in total. The van der Waals surface area contributed by atoms with Crippen molar-refractivity contribution in [3.63, 3.8) is 0 Å². The summed E-state index contributed by atoms with van der Waals surface area (Å²) in [6, 6.07) is 0.131. The van der Waals surface area contributed by atoms with Crippen LogP contribution in [-0.2, 0) is 4.79 Å². The highest BCUT2D eigenvalue weighted by Crippen LogP contribution is 2.21. The number of nitrogens with one attached hydrogen (secondary N) is 1. The Bertz CT molecular complexity index is 508. The second-order valence-electron chi connectivity index (χ2n) is 4.78. The summed E-state index contributed by atoms with van der Waals surface area (Å²) in [6.07, 6.45) is 0.185. The molecule has 0 heterocycles. The van der Waals surface area contributed by atoms with Crippen molar-refractivity contribution < 1.29 is 28.6 Å². The van der Waals surface area contributed by atoms with Gasteiger partial charge in [0.2, 0.25) is 0 Å². The van der Waals surface area contributed by atoms with Crippen LogP contribution in [0, 0.1) is 17.6 Å². The number of aliphatic carboxylic acids is 1. The third kappa shape index (κ3) is 3.91. The van der Waals surface area contributed by atoms with Crippen LogP contribution >= 0.6 is 0 Å². The van der Waals surface area contributed by atoms with Crippen LogP contribution in [0.1, 0.15) is 30.6 Å². The summed E-state index contributed by atoms with van der Waals surface area (Å²) in [4.78, 5) is 22.8. The van der Waals surface area contributed by atoms with Crippen molar-refractivity contribution in [2.75, 3.05) is 0 Å². The van der Waals surface area contributed by atoms with Gasteiger partial charge in [0.15, 0.2) is 17.4 Å². The Labute approximate surface area is 114 Å². The maximum atomic E-state index is 13.1. The second kappa shape index (κ2) is 6.31. The number of carboxylic acid groups (broad SMARTS) is 1. The average molecular weight is 287 g/mol. The number of carbonyl (C=O) groups excluding carboxylic acids is 1. The fourth-order valence-corrected chi connectivity index (χ4v) is 1.63. The third-order valence-electron chi connectivity index (χ3n) is 2.59. The van der Waals surface area contributed by atoms with Crippen molar-refractivity contribution >= 4 is 11.9 Å². The van der Waals surface area contributed by atoms with Crippen molar-refractivity contribution in [3.05, 3.63) is 29.3 Å². The number of carboxylic acids is 1. The summed E-state index contributed by atoms with van der Waals surface area (Å²) in [5, 5.41) is 20.1. The molecule has 0 unspecified atom stereocenters. The van der Waals surface area contributed by atoms with Gasteiger partial charge in [-0.15, -0.1) is 0 Å². The number of rotatable bonds is 5. The molecule has 0 aliphatic rings. The molecule has 7 heteroatoms. The van der Waals surface area contributed by atoms with E-state index in [0.29, 0.717) is 12.1 Å². The van der Waals surface area contributed by atoms with Crippen molar-refractivity contribution in [2.24, 2.45) is 5.92 Å². The van der Waals surface area contributed by atoms with Crippen LogP contribution in [0.5, 0.6) is 5.75 Å². The summed E-state index contributed by atoms with van der Waals surface area (Å²) < 4.78 is 26.2. The Morgan fingerprint density at radius 1 is 1.25 bits per heavy atom. The normalized spacial score (nSPS) is 12.2. The monoisotopic (exact) mass is 287 g/mol. The first kappa shape index (κ1) is 15.9. The molecule has 0 saturated carbocycles. The lowest BCUT2D eigenvalue weighted by Gasteiger charge is -2.16. The van der Waals surface area contributed by atoms with E-state index in [0.717, 1.165) is 0 Å². The van der Waals surface area contributed by atoms with Gasteiger partial charge in [-0.1, -0.05) is 13.8 Å². The fraction of sp³-hybridized carbons (Fsp3) is 0.385. The molecule has 0 radical (unpaired) electrons. The summed E-state index contributed by atoms with van der Waals surface area (Å²) in [5.41, 5.74) is -0.396. The molecule has 110 valence electrons. The van der Waals surface area contributed by atoms with E-state index >= 15 is 0 Å². The highest BCUT2D eigenvalue weighted by molar-refractivity contribution is 5.96. The molecule has 1 aromatic rings. The van der Waals surface area contributed by atoms with Crippen molar-refractivity contribution in [1.82, 2.24) is 5.32 Å². The lowest BCUT2D eigenvalue weighted by Crippen LogP contribution is -2.41. The average Bonchev–Trinajstić information content (AvgIpc) is 2.33. The van der Waals surface area contributed by atoms with E-state index in [9.17, 15) is 18.4 Å². The van der Waals surface area contributed by atoms with E-state index in [1.807, 2.05) is 0 Å². The predicted octanol–water partition coefficient (Wildman–Crippen LogP) is 1.90. The predicted molar refractivity (Wildman–Crippen MR) is 66.4 cm³/mol. The lowest BCUT2D eigenvalue weighted by atomic mass is 10.0. The third-order valence-corrected chi connectivity index (χ3v) is 2.59. The standard InChI is InChI=1S/C13H15F2NO4/c1-6(2)3-10(13(19)20)16-12(18)7-4-8(14)11(17)9(15)5-7/h4-6,10,17H,3H2,1-2H3,(H,16,18)(H,19,20)/t10-/m1/s1. The van der Waals surface area contributed by atoms with Gasteiger partial charge in [0.25, 0.3) is 5.91 Å². The van der Waals surface area contributed by atoms with E-state index < -0.39 is 40.9 Å². The van der Waals surface area contributed by atoms with Gasteiger partial charge >= 0.3 is 5.97 Å². The molecule has 0 aliphatic carbocycles. The van der Waals surface area contributed by atoms with Gasteiger partial charge in [-0.3, -0.25) is 4.79 Å². The van der Waals surface area contributed by atoms with Gasteiger partial charge in [-0.2, -0.15) is 0 Å². The Morgan fingerprint density at radius 3 is 2.15 bits per heavy atom. The number of benzene rings is 1. The van der Waals surface area contributed by atoms with Crippen LogP contribution < -0.4 is 5.32 Å². The van der Waals surface area contributed by atoms with Gasteiger partial charge in [-0.25, -0.2) is 13.6 Å². The Morgan fingerprint density at radius 2 is 1.75 bits per heavy atom. The molecule has 1 amide bonds. The molecule has 0 saturated heterocycles. The minimum atomic E-state index is -1.29. The Kier molecular flexibility index (Phi) is 5.01. The smallest absolute Gasteiger partial charge is 0.326 e. The minimum absolute atomic E-state index is 0.0182. The van der Waals surface area contributed by atoms with Crippen molar-refractivity contribution in [2.45, 2.75) is 26.3 Å². The largest absolute Gasteiger partial charge is 0.503 e. The molecule has 1 aromatic carbocycles. The van der Waals surface area contributed by atoms with E-state index in [2.05, 4.69) is 5.32 Å². The van der Waals surface area contributed by atoms with Crippen LogP contribution in [-0.4, -0.2) is 28.1 Å². The lowest BCUT2D eigenvalue weighted by molar-refractivity contribution is -0.139. The van der Waals surface area contributed by atoms with Crippen LogP contribution in [0.4, 0.5) is 8.78 Å². The number of carbonyl (C=O) groups is 2. The highest BCUT2D eigenvalue weighted by Gasteiger charge is 2.23. The molecule has 0 aromatic heterocycles. The number of aromatic hydroxyl groups is 1. The number of phenols is 1. The van der Waals surface area contributed by atoms with Gasteiger partial charge in [-0.05, 0) is 24.5 Å². The van der Waals surface area contributed by atoms with Gasteiger partial charge < -0.3 is 15.5 Å². The molecule has 1 rings (SSSR count). The number of phenolic OH excluding ortho intramolecular Hbond substituents is 1. The van der Waals surface area contributed by atoms with Crippen LogP contribution in [0.15, 0.2) is 12.1 Å². The van der Waals surface area contributed by atoms with Gasteiger partial charge in [0.05, 0.1) is 0 Å². The molecule has 0 aliphatic heterocycles. The zero-order valence-electron chi connectivity index (χ0n) is 11.0. The molecule has 0 bridgehead atoms. The Hall–Kier alpha value is -2.18. The van der Waals surface area contributed by atoms with E-state index in [4.69, 9.17) is 10.2 Å². The molecule has 0 spiro atoms. The summed E-state index contributed by atoms with van der Waals surface area (Å²) in [5.74, 6) is -5.89. The zero-order valence-corrected chi connectivity index (χ0v) is 11.0. The highest BCUT2D eigenvalue weighted by atomic mass is 19.1. The fourth-order valence-electron chi connectivity index (χ4n) is 1.63. The molecule has 20 heavy (non-hydrogen) atoms. The Balaban J connectivity index is 2.92. The molecule has 1 atom stereocenters. The van der Waals surface area contributed by atoms with Crippen molar-refractivity contribution in [3.8, 4) is 5.75 Å². The topological polar surface area (TPSA) is 86.6 Å². The second-order valence-corrected chi connectivity index (χ2v) is 4.78. The molecule has 3 N–H and O–H groups in total. The summed E-state index contributed by atoms with van der Waals surface area (Å²) >= 11 is 0. The van der Waals surface area contributed by atoms with Gasteiger partial charge in [0, 0.05) is 5.56 Å². The number of hydrogen-bond acceptors (Lipinski definition) is 3. The first-order valence-electron chi connectivity index (χ1n) is 5.94.